The zero-order valence-electron chi connectivity index (χ0n) is 8.62. The van der Waals surface area contributed by atoms with Crippen molar-refractivity contribution in [2.45, 2.75) is 18.9 Å². The van der Waals surface area contributed by atoms with Crippen LogP contribution in [0.1, 0.15) is 12.8 Å². The third kappa shape index (κ3) is 3.05. The third-order valence-corrected chi connectivity index (χ3v) is 2.62. The SMILES string of the molecule is CN1C(=O)[C@@H](CCC[NH+]=C(N)N)NC1=S. The Morgan fingerprint density at radius 1 is 1.67 bits per heavy atom. The molecule has 1 aliphatic rings. The van der Waals surface area contributed by atoms with E-state index < -0.39 is 0 Å². The highest BCUT2D eigenvalue weighted by Gasteiger charge is 2.31. The van der Waals surface area contributed by atoms with Crippen LogP contribution in [0.4, 0.5) is 0 Å². The van der Waals surface area contributed by atoms with E-state index in [0.29, 0.717) is 18.1 Å². The van der Waals surface area contributed by atoms with Crippen LogP contribution in [-0.4, -0.2) is 41.5 Å². The molecule has 0 unspecified atom stereocenters. The molecule has 1 saturated heterocycles. The number of carbonyl (C=O) groups is 1. The molecule has 15 heavy (non-hydrogen) atoms. The molecule has 7 heteroatoms. The number of carbonyl (C=O) groups excluding carboxylic acids is 1. The predicted molar refractivity (Wildman–Crippen MR) is 60.7 cm³/mol. The van der Waals surface area contributed by atoms with Crippen LogP contribution >= 0.6 is 12.2 Å². The number of amides is 1. The molecular weight excluding hydrogens is 214 g/mol. The van der Waals surface area contributed by atoms with Crippen molar-refractivity contribution in [2.75, 3.05) is 13.6 Å². The maximum Gasteiger partial charge on any atom is 0.338 e. The molecule has 0 aliphatic carbocycles. The second kappa shape index (κ2) is 4.92. The fourth-order valence-corrected chi connectivity index (χ4v) is 1.61. The lowest BCUT2D eigenvalue weighted by Crippen LogP contribution is -2.78. The van der Waals surface area contributed by atoms with E-state index in [1.165, 1.54) is 4.90 Å². The number of hydrogen-bond acceptors (Lipinski definition) is 2. The molecule has 0 aromatic rings. The van der Waals surface area contributed by atoms with E-state index in [9.17, 15) is 4.79 Å². The van der Waals surface area contributed by atoms with E-state index in [1.54, 1.807) is 7.05 Å². The molecule has 1 atom stereocenters. The van der Waals surface area contributed by atoms with Gasteiger partial charge in [0.2, 0.25) is 0 Å². The lowest BCUT2D eigenvalue weighted by atomic mass is 10.1. The van der Waals surface area contributed by atoms with Gasteiger partial charge in [0.05, 0.1) is 6.54 Å². The first-order valence-corrected chi connectivity index (χ1v) is 5.13. The van der Waals surface area contributed by atoms with E-state index in [4.69, 9.17) is 23.7 Å². The molecule has 84 valence electrons. The van der Waals surface area contributed by atoms with E-state index in [1.807, 2.05) is 0 Å². The highest BCUT2D eigenvalue weighted by molar-refractivity contribution is 7.80. The lowest BCUT2D eigenvalue weighted by Gasteiger charge is -2.06. The van der Waals surface area contributed by atoms with Crippen LogP contribution in [0.25, 0.3) is 0 Å². The van der Waals surface area contributed by atoms with Crippen LogP contribution in [0, 0.1) is 0 Å². The standard InChI is InChI=1S/C8H15N5OS/c1-13-6(14)5(12-8(13)15)3-2-4-11-7(9)10/h5H,2-4H2,1H3,(H,12,15)(H4,9,10,11)/p+1/t5-/m1/s1. The van der Waals surface area contributed by atoms with Crippen molar-refractivity contribution in [1.29, 1.82) is 0 Å². The normalized spacial score (nSPS) is 20.3. The summed E-state index contributed by atoms with van der Waals surface area (Å²) in [5.74, 6) is 0.220. The van der Waals surface area contributed by atoms with Crippen LogP contribution in [-0.2, 0) is 4.79 Å². The maximum atomic E-state index is 11.5. The van der Waals surface area contributed by atoms with Gasteiger partial charge in [0.1, 0.15) is 6.04 Å². The summed E-state index contributed by atoms with van der Waals surface area (Å²) in [4.78, 5) is 15.8. The van der Waals surface area contributed by atoms with Gasteiger partial charge in [-0.1, -0.05) is 0 Å². The summed E-state index contributed by atoms with van der Waals surface area (Å²) in [7, 11) is 1.67. The van der Waals surface area contributed by atoms with Gasteiger partial charge in [-0.2, -0.15) is 0 Å². The van der Waals surface area contributed by atoms with Gasteiger partial charge in [-0.25, -0.2) is 0 Å². The average Bonchev–Trinajstić information content (AvgIpc) is 2.41. The summed E-state index contributed by atoms with van der Waals surface area (Å²) in [6, 6.07) is -0.205. The summed E-state index contributed by atoms with van der Waals surface area (Å²) < 4.78 is 0. The van der Waals surface area contributed by atoms with Crippen LogP contribution in [0.3, 0.4) is 0 Å². The molecule has 0 aromatic carbocycles. The zero-order valence-corrected chi connectivity index (χ0v) is 9.43. The van der Waals surface area contributed by atoms with Crippen LogP contribution in [0.15, 0.2) is 0 Å². The number of likely N-dealkylation sites (N-methyl/N-ethyl adjacent to an activating group) is 1. The number of hydrogen-bond donors (Lipinski definition) is 4. The highest BCUT2D eigenvalue weighted by atomic mass is 32.1. The molecule has 0 bridgehead atoms. The van der Waals surface area contributed by atoms with Gasteiger partial charge in [-0.15, -0.1) is 0 Å². The van der Waals surface area contributed by atoms with Crippen molar-refractivity contribution >= 4 is 29.2 Å². The molecule has 0 spiro atoms. The molecule has 1 fully saturated rings. The fraction of sp³-hybridized carbons (Fsp3) is 0.625. The van der Waals surface area contributed by atoms with Crippen molar-refractivity contribution in [3.05, 3.63) is 0 Å². The Kier molecular flexibility index (Phi) is 3.84. The highest BCUT2D eigenvalue weighted by Crippen LogP contribution is 2.08. The Hall–Kier alpha value is -1.37. The topological polar surface area (TPSA) is 98.3 Å². The van der Waals surface area contributed by atoms with Gasteiger partial charge in [-0.3, -0.25) is 26.2 Å². The summed E-state index contributed by atoms with van der Waals surface area (Å²) >= 11 is 4.95. The largest absolute Gasteiger partial charge is 0.350 e. The molecule has 1 aliphatic heterocycles. The molecule has 0 saturated carbocycles. The second-order valence-electron chi connectivity index (χ2n) is 3.42. The minimum absolute atomic E-state index is 0.0182. The van der Waals surface area contributed by atoms with Crippen LogP contribution in [0.2, 0.25) is 0 Å². The van der Waals surface area contributed by atoms with Crippen molar-refractivity contribution in [3.8, 4) is 0 Å². The minimum atomic E-state index is -0.205. The third-order valence-electron chi connectivity index (χ3n) is 2.23. The maximum absolute atomic E-state index is 11.5. The Morgan fingerprint density at radius 3 is 2.80 bits per heavy atom. The van der Waals surface area contributed by atoms with Gasteiger partial charge in [-0.05, 0) is 25.1 Å². The van der Waals surface area contributed by atoms with Crippen molar-refractivity contribution < 1.29 is 9.79 Å². The first-order valence-electron chi connectivity index (χ1n) is 4.72. The molecule has 0 aromatic heterocycles. The monoisotopic (exact) mass is 230 g/mol. The van der Waals surface area contributed by atoms with E-state index >= 15 is 0 Å². The zero-order chi connectivity index (χ0) is 11.4. The molecule has 6 N–H and O–H groups in total. The van der Waals surface area contributed by atoms with Gasteiger partial charge >= 0.3 is 5.96 Å². The number of nitrogens with one attached hydrogen (secondary N) is 2. The van der Waals surface area contributed by atoms with Gasteiger partial charge in [0.15, 0.2) is 5.11 Å². The number of nitrogens with two attached hydrogens (primary N) is 2. The average molecular weight is 230 g/mol. The molecule has 6 nitrogen and oxygen atoms in total. The number of guanidine groups is 1. The van der Waals surface area contributed by atoms with Crippen LogP contribution < -0.4 is 21.8 Å². The Balaban J connectivity index is 2.32. The summed E-state index contributed by atoms with van der Waals surface area (Å²) in [5, 5.41) is 3.44. The van der Waals surface area contributed by atoms with Gasteiger partial charge in [0.25, 0.3) is 5.91 Å². The van der Waals surface area contributed by atoms with Gasteiger partial charge < -0.3 is 5.32 Å². The van der Waals surface area contributed by atoms with E-state index in [0.717, 1.165) is 6.42 Å². The quantitative estimate of drug-likeness (QED) is 0.177. The van der Waals surface area contributed by atoms with Crippen molar-refractivity contribution in [3.63, 3.8) is 0 Å². The number of thiocarbonyl (C=S) groups is 1. The first kappa shape index (κ1) is 11.7. The summed E-state index contributed by atoms with van der Waals surface area (Å²) in [5.41, 5.74) is 10.5. The van der Waals surface area contributed by atoms with Crippen LogP contribution in [0.5, 0.6) is 0 Å². The summed E-state index contributed by atoms with van der Waals surface area (Å²) in [6.45, 7) is 0.657. The predicted octanol–water partition coefficient (Wildman–Crippen LogP) is -3.16. The van der Waals surface area contributed by atoms with Crippen molar-refractivity contribution in [1.82, 2.24) is 10.2 Å². The Morgan fingerprint density at radius 2 is 2.33 bits per heavy atom. The molecular formula is C8H16N5OS+. The molecule has 1 heterocycles. The Bertz CT molecular complexity index is 299. The smallest absolute Gasteiger partial charge is 0.338 e. The number of nitrogens with zero attached hydrogens (tertiary/aromatic N) is 1. The van der Waals surface area contributed by atoms with E-state index in [2.05, 4.69) is 10.3 Å². The first-order chi connectivity index (χ1) is 7.02. The molecule has 1 rings (SSSR count). The molecule has 0 radical (unpaired) electrons. The molecule has 1 amide bonds. The summed E-state index contributed by atoms with van der Waals surface area (Å²) in [6.07, 6.45) is 1.52. The Labute approximate surface area is 93.7 Å². The number of rotatable bonds is 4. The lowest BCUT2D eigenvalue weighted by molar-refractivity contribution is -0.459. The minimum Gasteiger partial charge on any atom is -0.350 e. The fourth-order valence-electron chi connectivity index (χ4n) is 1.38. The van der Waals surface area contributed by atoms with E-state index in [-0.39, 0.29) is 17.9 Å². The van der Waals surface area contributed by atoms with Gasteiger partial charge in [0, 0.05) is 7.05 Å². The van der Waals surface area contributed by atoms with Crippen molar-refractivity contribution in [2.24, 2.45) is 11.5 Å². The second-order valence-corrected chi connectivity index (χ2v) is 3.81.